The molecular formula is C23H24N2O2S. The molecule has 0 bridgehead atoms. The van der Waals surface area contributed by atoms with Gasteiger partial charge in [-0.05, 0) is 61.4 Å². The van der Waals surface area contributed by atoms with Crippen molar-refractivity contribution in [2.45, 2.75) is 32.6 Å². The van der Waals surface area contributed by atoms with Crippen LogP contribution in [0.5, 0.6) is 5.75 Å². The second-order valence-corrected chi connectivity index (χ2v) is 8.18. The number of fused-ring (bicyclic) bond motifs is 1. The van der Waals surface area contributed by atoms with Crippen molar-refractivity contribution in [3.63, 3.8) is 0 Å². The molecule has 0 atom stereocenters. The molecule has 0 fully saturated rings. The quantitative estimate of drug-likeness (QED) is 0.651. The molecule has 0 spiro atoms. The number of nitrogens with zero attached hydrogens (tertiary/aromatic N) is 1. The van der Waals surface area contributed by atoms with Gasteiger partial charge in [0.05, 0.1) is 10.7 Å². The third-order valence-corrected chi connectivity index (χ3v) is 5.82. The summed E-state index contributed by atoms with van der Waals surface area (Å²) in [6.45, 7) is 2.67. The molecule has 3 aromatic rings. The van der Waals surface area contributed by atoms with Gasteiger partial charge in [0.1, 0.15) is 5.75 Å². The number of ether oxygens (including phenoxy) is 1. The summed E-state index contributed by atoms with van der Waals surface area (Å²) in [5, 5.41) is 6.08. The molecule has 1 aliphatic carbocycles. The zero-order valence-electron chi connectivity index (χ0n) is 16.0. The SMILES string of the molecule is Cc1nc(-c2ccc(CCNC(=O)COc3ccc4c(c3)CCC4)cc2)cs1. The Labute approximate surface area is 169 Å². The van der Waals surface area contributed by atoms with Gasteiger partial charge >= 0.3 is 0 Å². The minimum absolute atomic E-state index is 0.0564. The number of thiazole rings is 1. The van der Waals surface area contributed by atoms with Gasteiger partial charge in [-0.1, -0.05) is 30.3 Å². The van der Waals surface area contributed by atoms with Crippen LogP contribution >= 0.6 is 11.3 Å². The van der Waals surface area contributed by atoms with Gasteiger partial charge in [-0.15, -0.1) is 11.3 Å². The predicted octanol–water partition coefficient (Wildman–Crippen LogP) is 4.34. The van der Waals surface area contributed by atoms with E-state index in [-0.39, 0.29) is 12.5 Å². The number of hydrogen-bond acceptors (Lipinski definition) is 4. The van der Waals surface area contributed by atoms with Crippen LogP contribution in [0.1, 0.15) is 28.1 Å². The highest BCUT2D eigenvalue weighted by Crippen LogP contribution is 2.26. The molecule has 144 valence electrons. The van der Waals surface area contributed by atoms with E-state index in [9.17, 15) is 4.79 Å². The molecule has 0 aliphatic heterocycles. The lowest BCUT2D eigenvalue weighted by Gasteiger charge is -2.09. The van der Waals surface area contributed by atoms with Gasteiger partial charge in [-0.2, -0.15) is 0 Å². The van der Waals surface area contributed by atoms with E-state index in [0.717, 1.165) is 41.3 Å². The van der Waals surface area contributed by atoms with Crippen molar-refractivity contribution in [2.24, 2.45) is 0 Å². The monoisotopic (exact) mass is 392 g/mol. The van der Waals surface area contributed by atoms with Crippen LogP contribution in [0.2, 0.25) is 0 Å². The molecule has 28 heavy (non-hydrogen) atoms. The van der Waals surface area contributed by atoms with Crippen molar-refractivity contribution in [2.75, 3.05) is 13.2 Å². The van der Waals surface area contributed by atoms with Gasteiger partial charge in [-0.3, -0.25) is 4.79 Å². The van der Waals surface area contributed by atoms with E-state index in [1.807, 2.05) is 13.0 Å². The Morgan fingerprint density at radius 1 is 1.14 bits per heavy atom. The molecule has 0 saturated carbocycles. The van der Waals surface area contributed by atoms with Gasteiger partial charge < -0.3 is 10.1 Å². The normalized spacial score (nSPS) is 12.6. The maximum absolute atomic E-state index is 12.0. The molecule has 0 radical (unpaired) electrons. The van der Waals surface area contributed by atoms with Crippen molar-refractivity contribution in [1.82, 2.24) is 10.3 Å². The minimum atomic E-state index is -0.0879. The van der Waals surface area contributed by atoms with Crippen LogP contribution in [0.4, 0.5) is 0 Å². The zero-order valence-corrected chi connectivity index (χ0v) is 16.8. The first-order valence-corrected chi connectivity index (χ1v) is 10.6. The highest BCUT2D eigenvalue weighted by Gasteiger charge is 2.12. The summed E-state index contributed by atoms with van der Waals surface area (Å²) in [6, 6.07) is 14.5. The average molecular weight is 393 g/mol. The van der Waals surface area contributed by atoms with Crippen LogP contribution in [0.15, 0.2) is 47.8 Å². The smallest absolute Gasteiger partial charge is 0.257 e. The van der Waals surface area contributed by atoms with Crippen molar-refractivity contribution in [3.05, 3.63) is 69.5 Å². The fourth-order valence-electron chi connectivity index (χ4n) is 3.52. The summed E-state index contributed by atoms with van der Waals surface area (Å²) in [6.07, 6.45) is 4.27. The third kappa shape index (κ3) is 4.60. The molecule has 1 aromatic heterocycles. The number of aryl methyl sites for hydroxylation is 3. The standard InChI is InChI=1S/C23H24N2O2S/c1-16-25-22(15-28-16)19-7-5-17(6-8-19)11-12-24-23(26)14-27-21-10-9-18-3-2-4-20(18)13-21/h5-10,13,15H,2-4,11-12,14H2,1H3,(H,24,26). The van der Waals surface area contributed by atoms with Gasteiger partial charge in [0.2, 0.25) is 0 Å². The minimum Gasteiger partial charge on any atom is -0.484 e. The van der Waals surface area contributed by atoms with Crippen molar-refractivity contribution in [3.8, 4) is 17.0 Å². The van der Waals surface area contributed by atoms with Crippen LogP contribution in [0, 0.1) is 6.92 Å². The Kier molecular flexibility index (Phi) is 5.72. The largest absolute Gasteiger partial charge is 0.484 e. The molecule has 4 nitrogen and oxygen atoms in total. The summed E-state index contributed by atoms with van der Waals surface area (Å²) in [7, 11) is 0. The number of aromatic nitrogens is 1. The first-order valence-electron chi connectivity index (χ1n) is 9.70. The first-order chi connectivity index (χ1) is 13.7. The lowest BCUT2D eigenvalue weighted by atomic mass is 10.1. The lowest BCUT2D eigenvalue weighted by Crippen LogP contribution is -2.30. The van der Waals surface area contributed by atoms with Gasteiger partial charge in [-0.25, -0.2) is 4.98 Å². The van der Waals surface area contributed by atoms with Crippen LogP contribution in [-0.4, -0.2) is 24.0 Å². The summed E-state index contributed by atoms with van der Waals surface area (Å²) in [4.78, 5) is 16.5. The Hall–Kier alpha value is -2.66. The Bertz CT molecular complexity index is 963. The lowest BCUT2D eigenvalue weighted by molar-refractivity contribution is -0.123. The zero-order chi connectivity index (χ0) is 19.3. The van der Waals surface area contributed by atoms with E-state index in [1.54, 1.807) is 11.3 Å². The van der Waals surface area contributed by atoms with E-state index >= 15 is 0 Å². The summed E-state index contributed by atoms with van der Waals surface area (Å²) in [5.74, 6) is 0.693. The van der Waals surface area contributed by atoms with Crippen LogP contribution in [0.3, 0.4) is 0 Å². The fraction of sp³-hybridized carbons (Fsp3) is 0.304. The number of carbonyl (C=O) groups is 1. The molecular weight excluding hydrogens is 368 g/mol. The van der Waals surface area contributed by atoms with E-state index in [2.05, 4.69) is 52.1 Å². The van der Waals surface area contributed by atoms with Crippen LogP contribution < -0.4 is 10.1 Å². The summed E-state index contributed by atoms with van der Waals surface area (Å²) in [5.41, 5.74) is 6.10. The Morgan fingerprint density at radius 3 is 2.75 bits per heavy atom. The van der Waals surface area contributed by atoms with E-state index in [4.69, 9.17) is 4.74 Å². The first kappa shape index (κ1) is 18.7. The molecule has 0 unspecified atom stereocenters. The van der Waals surface area contributed by atoms with Crippen molar-refractivity contribution >= 4 is 17.2 Å². The molecule has 2 aromatic carbocycles. The third-order valence-electron chi connectivity index (χ3n) is 5.04. The number of amides is 1. The second kappa shape index (κ2) is 8.57. The molecule has 4 rings (SSSR count). The number of nitrogens with one attached hydrogen (secondary N) is 1. The Balaban J connectivity index is 1.21. The molecule has 1 heterocycles. The molecule has 0 saturated heterocycles. The molecule has 1 aliphatic rings. The van der Waals surface area contributed by atoms with Gasteiger partial charge in [0.25, 0.3) is 5.91 Å². The topological polar surface area (TPSA) is 51.2 Å². The maximum Gasteiger partial charge on any atom is 0.257 e. The number of benzene rings is 2. The number of hydrogen-bond donors (Lipinski definition) is 1. The Morgan fingerprint density at radius 2 is 1.96 bits per heavy atom. The fourth-order valence-corrected chi connectivity index (χ4v) is 4.14. The molecule has 1 N–H and O–H groups in total. The number of rotatable bonds is 7. The van der Waals surface area contributed by atoms with Crippen LogP contribution in [-0.2, 0) is 24.1 Å². The van der Waals surface area contributed by atoms with E-state index < -0.39 is 0 Å². The summed E-state index contributed by atoms with van der Waals surface area (Å²) < 4.78 is 5.64. The average Bonchev–Trinajstić information content (AvgIpc) is 3.35. The maximum atomic E-state index is 12.0. The predicted molar refractivity (Wildman–Crippen MR) is 113 cm³/mol. The van der Waals surface area contributed by atoms with E-state index in [1.165, 1.54) is 23.1 Å². The van der Waals surface area contributed by atoms with Crippen molar-refractivity contribution in [1.29, 1.82) is 0 Å². The highest BCUT2D eigenvalue weighted by molar-refractivity contribution is 7.09. The van der Waals surface area contributed by atoms with Gasteiger partial charge in [0, 0.05) is 17.5 Å². The van der Waals surface area contributed by atoms with Gasteiger partial charge in [0.15, 0.2) is 6.61 Å². The van der Waals surface area contributed by atoms with Crippen LogP contribution in [0.25, 0.3) is 11.3 Å². The van der Waals surface area contributed by atoms with Crippen molar-refractivity contribution < 1.29 is 9.53 Å². The molecule has 5 heteroatoms. The van der Waals surface area contributed by atoms with E-state index in [0.29, 0.717) is 6.54 Å². The summed E-state index contributed by atoms with van der Waals surface area (Å²) >= 11 is 1.66. The highest BCUT2D eigenvalue weighted by atomic mass is 32.1. The number of carbonyl (C=O) groups excluding carboxylic acids is 1. The molecule has 1 amide bonds. The second-order valence-electron chi connectivity index (χ2n) is 7.12.